The van der Waals surface area contributed by atoms with Gasteiger partial charge < -0.3 is 5.11 Å². The van der Waals surface area contributed by atoms with Crippen LogP contribution in [0.1, 0.15) is 52.0 Å². The molecule has 0 aliphatic carbocycles. The third-order valence-electron chi connectivity index (χ3n) is 2.09. The number of nitrogens with zero attached hydrogens (tertiary/aromatic N) is 1. The first kappa shape index (κ1) is 23.9. The third kappa shape index (κ3) is 7.61. The first-order valence-corrected chi connectivity index (χ1v) is 9.70. The standard InChI is InChI=1S/C11H8FNO2S2.3C2H6/c1-16-11-13-8(10(14)15)9(17-11)6-2-4-7(12)5-3-6;3*1-2/h2-5H,1H3,(H,14,15);3*1-2H3. The largest absolute Gasteiger partial charge is 0.476 e. The van der Waals surface area contributed by atoms with Crippen LogP contribution < -0.4 is 0 Å². The molecule has 1 heterocycles. The van der Waals surface area contributed by atoms with Crippen LogP contribution in [0.4, 0.5) is 4.39 Å². The smallest absolute Gasteiger partial charge is 0.356 e. The minimum atomic E-state index is -1.07. The van der Waals surface area contributed by atoms with Crippen molar-refractivity contribution in [2.75, 3.05) is 6.26 Å². The summed E-state index contributed by atoms with van der Waals surface area (Å²) in [6.07, 6.45) is 1.83. The van der Waals surface area contributed by atoms with Crippen molar-refractivity contribution in [3.05, 3.63) is 35.8 Å². The summed E-state index contributed by atoms with van der Waals surface area (Å²) in [6, 6.07) is 5.72. The van der Waals surface area contributed by atoms with Crippen molar-refractivity contribution in [2.24, 2.45) is 0 Å². The maximum atomic E-state index is 12.8. The highest BCUT2D eigenvalue weighted by atomic mass is 32.2. The Kier molecular flexibility index (Phi) is 14.7. The number of thiazole rings is 1. The van der Waals surface area contributed by atoms with E-state index in [1.165, 1.54) is 35.2 Å². The number of aromatic carboxylic acids is 1. The predicted octanol–water partition coefficient (Wildman–Crippen LogP) is 6.45. The van der Waals surface area contributed by atoms with Crippen molar-refractivity contribution in [1.29, 1.82) is 0 Å². The molecule has 1 aromatic carbocycles. The van der Waals surface area contributed by atoms with E-state index in [4.69, 9.17) is 5.11 Å². The fourth-order valence-corrected chi connectivity index (χ4v) is 2.89. The molecule has 1 N–H and O–H groups in total. The van der Waals surface area contributed by atoms with E-state index in [1.807, 2.05) is 47.8 Å². The summed E-state index contributed by atoms with van der Waals surface area (Å²) >= 11 is 2.68. The van der Waals surface area contributed by atoms with Crippen LogP contribution in [0, 0.1) is 5.82 Å². The Morgan fingerprint density at radius 1 is 1.09 bits per heavy atom. The maximum Gasteiger partial charge on any atom is 0.356 e. The molecule has 6 heteroatoms. The van der Waals surface area contributed by atoms with Gasteiger partial charge in [0.25, 0.3) is 0 Å². The Balaban J connectivity index is 0. The van der Waals surface area contributed by atoms with Crippen LogP contribution in [0.15, 0.2) is 28.6 Å². The van der Waals surface area contributed by atoms with Crippen LogP contribution in [-0.4, -0.2) is 22.3 Å². The molecule has 0 spiro atoms. The highest BCUT2D eigenvalue weighted by molar-refractivity contribution is 8.00. The zero-order chi connectivity index (χ0) is 18.4. The van der Waals surface area contributed by atoms with Gasteiger partial charge in [0.1, 0.15) is 5.82 Å². The van der Waals surface area contributed by atoms with Crippen LogP contribution in [0.2, 0.25) is 0 Å². The minimum absolute atomic E-state index is 0.0194. The lowest BCUT2D eigenvalue weighted by Crippen LogP contribution is -1.98. The van der Waals surface area contributed by atoms with Gasteiger partial charge in [-0.05, 0) is 24.0 Å². The summed E-state index contributed by atoms with van der Waals surface area (Å²) in [5.41, 5.74) is 0.688. The second-order valence-corrected chi connectivity index (χ2v) is 5.23. The van der Waals surface area contributed by atoms with Gasteiger partial charge in [0.05, 0.1) is 4.88 Å². The summed E-state index contributed by atoms with van der Waals surface area (Å²) in [5.74, 6) is -1.42. The molecular weight excluding hydrogens is 333 g/mol. The second-order valence-electron chi connectivity index (χ2n) is 3.17. The van der Waals surface area contributed by atoms with E-state index >= 15 is 0 Å². The molecule has 0 atom stereocenters. The average Bonchev–Trinajstić information content (AvgIpc) is 3.06. The number of hydrogen-bond donors (Lipinski definition) is 1. The Morgan fingerprint density at radius 2 is 1.57 bits per heavy atom. The monoisotopic (exact) mass is 359 g/mol. The van der Waals surface area contributed by atoms with Crippen LogP contribution in [0.3, 0.4) is 0 Å². The molecule has 0 unspecified atom stereocenters. The molecule has 1 aromatic heterocycles. The number of rotatable bonds is 3. The highest BCUT2D eigenvalue weighted by Crippen LogP contribution is 2.34. The fraction of sp³-hybridized carbons (Fsp3) is 0.412. The Morgan fingerprint density at radius 3 is 1.96 bits per heavy atom. The first-order valence-electron chi connectivity index (χ1n) is 7.66. The molecule has 0 aliphatic rings. The summed E-state index contributed by atoms with van der Waals surface area (Å²) in [4.78, 5) is 15.6. The van der Waals surface area contributed by atoms with Crippen LogP contribution in [0.5, 0.6) is 0 Å². The van der Waals surface area contributed by atoms with Crippen molar-refractivity contribution in [3.63, 3.8) is 0 Å². The van der Waals surface area contributed by atoms with Gasteiger partial charge in [-0.1, -0.05) is 65.4 Å². The van der Waals surface area contributed by atoms with Crippen molar-refractivity contribution in [2.45, 2.75) is 45.9 Å². The molecule has 0 fully saturated rings. The van der Waals surface area contributed by atoms with Gasteiger partial charge in [-0.25, -0.2) is 14.2 Å². The molecule has 0 bridgehead atoms. The summed E-state index contributed by atoms with van der Waals surface area (Å²) in [5, 5.41) is 9.05. The Labute approximate surface area is 147 Å². The van der Waals surface area contributed by atoms with Gasteiger partial charge >= 0.3 is 5.97 Å². The van der Waals surface area contributed by atoms with Crippen molar-refractivity contribution in [3.8, 4) is 10.4 Å². The lowest BCUT2D eigenvalue weighted by Gasteiger charge is -1.98. The lowest BCUT2D eigenvalue weighted by atomic mass is 10.1. The molecule has 0 saturated heterocycles. The molecule has 0 saturated carbocycles. The number of carbonyl (C=O) groups is 1. The molecule has 2 aromatic rings. The summed E-state index contributed by atoms with van der Waals surface area (Å²) in [7, 11) is 0. The molecule has 0 radical (unpaired) electrons. The average molecular weight is 360 g/mol. The van der Waals surface area contributed by atoms with Crippen molar-refractivity contribution < 1.29 is 14.3 Å². The predicted molar refractivity (Wildman–Crippen MR) is 100 cm³/mol. The number of hydrogen-bond acceptors (Lipinski definition) is 4. The number of carboxylic acids is 1. The Hall–Kier alpha value is -1.40. The van der Waals surface area contributed by atoms with Crippen LogP contribution in [-0.2, 0) is 0 Å². The van der Waals surface area contributed by atoms with E-state index in [-0.39, 0.29) is 11.5 Å². The third-order valence-corrected chi connectivity index (χ3v) is 4.18. The second kappa shape index (κ2) is 14.2. The van der Waals surface area contributed by atoms with Crippen LogP contribution in [0.25, 0.3) is 10.4 Å². The van der Waals surface area contributed by atoms with E-state index < -0.39 is 5.97 Å². The maximum absolute atomic E-state index is 12.8. The molecule has 0 aliphatic heterocycles. The van der Waals surface area contributed by atoms with Crippen molar-refractivity contribution >= 4 is 29.1 Å². The Bertz CT molecular complexity index is 554. The number of thioether (sulfide) groups is 1. The number of halogens is 1. The topological polar surface area (TPSA) is 50.2 Å². The first-order chi connectivity index (χ1) is 11.1. The highest BCUT2D eigenvalue weighted by Gasteiger charge is 2.18. The fourth-order valence-electron chi connectivity index (χ4n) is 1.33. The molecule has 0 amide bonds. The van der Waals surface area contributed by atoms with E-state index in [0.29, 0.717) is 14.8 Å². The van der Waals surface area contributed by atoms with Gasteiger partial charge in [-0.3, -0.25) is 0 Å². The number of carboxylic acid groups (broad SMARTS) is 1. The summed E-state index contributed by atoms with van der Waals surface area (Å²) < 4.78 is 13.5. The molecule has 3 nitrogen and oxygen atoms in total. The van der Waals surface area contributed by atoms with Gasteiger partial charge in [0, 0.05) is 0 Å². The lowest BCUT2D eigenvalue weighted by molar-refractivity contribution is 0.0691. The van der Waals surface area contributed by atoms with Gasteiger partial charge in [0.15, 0.2) is 10.0 Å². The summed E-state index contributed by atoms with van der Waals surface area (Å²) in [6.45, 7) is 12.0. The minimum Gasteiger partial charge on any atom is -0.476 e. The van der Waals surface area contributed by atoms with E-state index in [1.54, 1.807) is 12.1 Å². The number of aromatic nitrogens is 1. The van der Waals surface area contributed by atoms with Gasteiger partial charge in [-0.2, -0.15) is 0 Å². The molecular formula is C17H26FNO2S2. The van der Waals surface area contributed by atoms with Gasteiger partial charge in [0.2, 0.25) is 0 Å². The van der Waals surface area contributed by atoms with E-state index in [9.17, 15) is 9.18 Å². The van der Waals surface area contributed by atoms with Crippen molar-refractivity contribution in [1.82, 2.24) is 4.98 Å². The van der Waals surface area contributed by atoms with E-state index in [2.05, 4.69) is 4.98 Å². The van der Waals surface area contributed by atoms with Gasteiger partial charge in [-0.15, -0.1) is 11.3 Å². The molecule has 130 valence electrons. The normalized spacial score (nSPS) is 8.52. The van der Waals surface area contributed by atoms with E-state index in [0.717, 1.165) is 0 Å². The zero-order valence-corrected chi connectivity index (χ0v) is 16.4. The SMILES string of the molecule is CC.CC.CC.CSc1nc(C(=O)O)c(-c2ccc(F)cc2)s1. The number of benzene rings is 1. The molecule has 2 rings (SSSR count). The molecule has 23 heavy (non-hydrogen) atoms. The van der Waals surface area contributed by atoms with Crippen LogP contribution >= 0.6 is 23.1 Å². The quantitative estimate of drug-likeness (QED) is 0.640. The zero-order valence-electron chi connectivity index (χ0n) is 14.8.